The lowest BCUT2D eigenvalue weighted by molar-refractivity contribution is 0.758. The van der Waals surface area contributed by atoms with Crippen LogP contribution in [0.5, 0.6) is 0 Å². The van der Waals surface area contributed by atoms with Crippen LogP contribution in [-0.2, 0) is 12.8 Å². The van der Waals surface area contributed by atoms with E-state index in [1.54, 1.807) is 0 Å². The fourth-order valence-corrected chi connectivity index (χ4v) is 1.86. The number of aryl methyl sites for hydroxylation is 2. The molecule has 0 amide bonds. The number of fused-ring (bicyclic) bond motifs is 1. The third kappa shape index (κ3) is 1.89. The van der Waals surface area contributed by atoms with Crippen LogP contribution >= 0.6 is 0 Å². The molecule has 1 aliphatic rings. The maximum Gasteiger partial charge on any atom is 0.126 e. The van der Waals surface area contributed by atoms with Gasteiger partial charge in [0.2, 0.25) is 0 Å². The highest BCUT2D eigenvalue weighted by atomic mass is 15.0. The molecule has 2 rings (SSSR count). The third-order valence-corrected chi connectivity index (χ3v) is 2.93. The van der Waals surface area contributed by atoms with Gasteiger partial charge in [0, 0.05) is 11.7 Å². The van der Waals surface area contributed by atoms with Gasteiger partial charge in [-0.1, -0.05) is 13.0 Å². The SMILES string of the molecule is CCC(C)Nc1ccc2c(n1)CCC2. The summed E-state index contributed by atoms with van der Waals surface area (Å²) in [5, 5.41) is 3.41. The van der Waals surface area contributed by atoms with Gasteiger partial charge in [-0.25, -0.2) is 4.98 Å². The molecule has 0 fully saturated rings. The van der Waals surface area contributed by atoms with Gasteiger partial charge in [0.05, 0.1) is 0 Å². The lowest BCUT2D eigenvalue weighted by Gasteiger charge is -2.12. The monoisotopic (exact) mass is 190 g/mol. The first-order valence-corrected chi connectivity index (χ1v) is 5.55. The highest BCUT2D eigenvalue weighted by Gasteiger charge is 2.12. The van der Waals surface area contributed by atoms with E-state index in [1.165, 1.54) is 24.1 Å². The van der Waals surface area contributed by atoms with Crippen molar-refractivity contribution in [1.82, 2.24) is 4.98 Å². The lowest BCUT2D eigenvalue weighted by Crippen LogP contribution is -2.14. The van der Waals surface area contributed by atoms with Gasteiger partial charge in [0.15, 0.2) is 0 Å². The van der Waals surface area contributed by atoms with Gasteiger partial charge in [-0.2, -0.15) is 0 Å². The summed E-state index contributed by atoms with van der Waals surface area (Å²) in [5.74, 6) is 1.04. The minimum absolute atomic E-state index is 0.516. The molecule has 0 aromatic carbocycles. The van der Waals surface area contributed by atoms with Crippen LogP contribution in [0.4, 0.5) is 5.82 Å². The van der Waals surface area contributed by atoms with Crippen molar-refractivity contribution in [2.24, 2.45) is 0 Å². The smallest absolute Gasteiger partial charge is 0.126 e. The molecule has 0 aliphatic heterocycles. The molecule has 0 spiro atoms. The predicted molar refractivity (Wildman–Crippen MR) is 59.6 cm³/mol. The Bertz CT molecular complexity index is 320. The minimum atomic E-state index is 0.516. The summed E-state index contributed by atoms with van der Waals surface area (Å²) in [6, 6.07) is 4.85. The molecule has 76 valence electrons. The van der Waals surface area contributed by atoms with Gasteiger partial charge in [0.25, 0.3) is 0 Å². The fourth-order valence-electron chi connectivity index (χ4n) is 1.86. The van der Waals surface area contributed by atoms with Crippen LogP contribution in [0, 0.1) is 0 Å². The molecule has 1 atom stereocenters. The normalized spacial score (nSPS) is 16.4. The molecule has 1 aliphatic carbocycles. The van der Waals surface area contributed by atoms with Crippen molar-refractivity contribution >= 4 is 5.82 Å². The Balaban J connectivity index is 2.12. The van der Waals surface area contributed by atoms with Crippen molar-refractivity contribution in [1.29, 1.82) is 0 Å². The van der Waals surface area contributed by atoms with Gasteiger partial charge >= 0.3 is 0 Å². The Morgan fingerprint density at radius 2 is 2.29 bits per heavy atom. The predicted octanol–water partition coefficient (Wildman–Crippen LogP) is 2.78. The van der Waals surface area contributed by atoms with Crippen LogP contribution in [0.2, 0.25) is 0 Å². The molecule has 0 bridgehead atoms. The number of pyridine rings is 1. The van der Waals surface area contributed by atoms with E-state index in [4.69, 9.17) is 0 Å². The number of aromatic nitrogens is 1. The summed E-state index contributed by atoms with van der Waals surface area (Å²) in [4.78, 5) is 4.63. The zero-order valence-electron chi connectivity index (χ0n) is 9.01. The van der Waals surface area contributed by atoms with Crippen molar-refractivity contribution in [3.05, 3.63) is 23.4 Å². The second-order valence-corrected chi connectivity index (χ2v) is 4.11. The molecule has 2 nitrogen and oxygen atoms in total. The van der Waals surface area contributed by atoms with Crippen molar-refractivity contribution in [2.75, 3.05) is 5.32 Å². The number of hydrogen-bond acceptors (Lipinski definition) is 2. The largest absolute Gasteiger partial charge is 0.368 e. The van der Waals surface area contributed by atoms with Crippen LogP contribution in [-0.4, -0.2) is 11.0 Å². The molecule has 1 unspecified atom stereocenters. The van der Waals surface area contributed by atoms with Crippen LogP contribution in [0.15, 0.2) is 12.1 Å². The number of anilines is 1. The molecule has 0 radical (unpaired) electrons. The van der Waals surface area contributed by atoms with Crippen LogP contribution in [0.1, 0.15) is 37.9 Å². The van der Waals surface area contributed by atoms with E-state index < -0.39 is 0 Å². The van der Waals surface area contributed by atoms with Crippen molar-refractivity contribution in [3.8, 4) is 0 Å². The summed E-state index contributed by atoms with van der Waals surface area (Å²) in [5.41, 5.74) is 2.75. The van der Waals surface area contributed by atoms with Gasteiger partial charge in [0.1, 0.15) is 5.82 Å². The first-order chi connectivity index (χ1) is 6.79. The standard InChI is InChI=1S/C12H18N2/c1-3-9(2)13-12-8-7-10-5-4-6-11(10)14-12/h7-9H,3-6H2,1-2H3,(H,13,14). The average molecular weight is 190 g/mol. The molecule has 1 aromatic heterocycles. The third-order valence-electron chi connectivity index (χ3n) is 2.93. The van der Waals surface area contributed by atoms with Gasteiger partial charge < -0.3 is 5.32 Å². The molecule has 1 heterocycles. The van der Waals surface area contributed by atoms with Crippen molar-refractivity contribution in [2.45, 2.75) is 45.6 Å². The molecular formula is C12H18N2. The summed E-state index contributed by atoms with van der Waals surface area (Å²) in [7, 11) is 0. The van der Waals surface area contributed by atoms with E-state index in [-0.39, 0.29) is 0 Å². The Morgan fingerprint density at radius 1 is 1.43 bits per heavy atom. The maximum atomic E-state index is 4.63. The number of nitrogens with one attached hydrogen (secondary N) is 1. The van der Waals surface area contributed by atoms with E-state index in [0.717, 1.165) is 18.7 Å². The molecule has 0 saturated heterocycles. The van der Waals surface area contributed by atoms with E-state index in [2.05, 4.69) is 36.3 Å². The Hall–Kier alpha value is -1.05. The summed E-state index contributed by atoms with van der Waals surface area (Å²) < 4.78 is 0. The topological polar surface area (TPSA) is 24.9 Å². The summed E-state index contributed by atoms with van der Waals surface area (Å²) in [6.07, 6.45) is 4.78. The minimum Gasteiger partial charge on any atom is -0.368 e. The second kappa shape index (κ2) is 3.99. The highest BCUT2D eigenvalue weighted by Crippen LogP contribution is 2.21. The van der Waals surface area contributed by atoms with Crippen LogP contribution < -0.4 is 5.32 Å². The van der Waals surface area contributed by atoms with Gasteiger partial charge in [-0.05, 0) is 44.2 Å². The zero-order valence-corrected chi connectivity index (χ0v) is 9.01. The van der Waals surface area contributed by atoms with E-state index in [0.29, 0.717) is 6.04 Å². The van der Waals surface area contributed by atoms with Crippen LogP contribution in [0.25, 0.3) is 0 Å². The molecule has 2 heteroatoms. The van der Waals surface area contributed by atoms with Crippen molar-refractivity contribution < 1.29 is 0 Å². The molecule has 0 saturated carbocycles. The molecule has 14 heavy (non-hydrogen) atoms. The highest BCUT2D eigenvalue weighted by molar-refractivity contribution is 5.40. The Morgan fingerprint density at radius 3 is 3.07 bits per heavy atom. The first-order valence-electron chi connectivity index (χ1n) is 5.55. The van der Waals surface area contributed by atoms with E-state index in [1.807, 2.05) is 0 Å². The first kappa shape index (κ1) is 9.50. The molecular weight excluding hydrogens is 172 g/mol. The number of hydrogen-bond donors (Lipinski definition) is 1. The maximum absolute atomic E-state index is 4.63. The molecule has 1 aromatic rings. The van der Waals surface area contributed by atoms with Gasteiger partial charge in [-0.3, -0.25) is 0 Å². The van der Waals surface area contributed by atoms with Crippen molar-refractivity contribution in [3.63, 3.8) is 0 Å². The molecule has 1 N–H and O–H groups in total. The fraction of sp³-hybridized carbons (Fsp3) is 0.583. The Labute approximate surface area is 85.7 Å². The van der Waals surface area contributed by atoms with E-state index >= 15 is 0 Å². The van der Waals surface area contributed by atoms with Gasteiger partial charge in [-0.15, -0.1) is 0 Å². The second-order valence-electron chi connectivity index (χ2n) is 4.11. The van der Waals surface area contributed by atoms with Crippen LogP contribution in [0.3, 0.4) is 0 Å². The van der Waals surface area contributed by atoms with E-state index in [9.17, 15) is 0 Å². The summed E-state index contributed by atoms with van der Waals surface area (Å²) in [6.45, 7) is 4.37. The number of nitrogens with zero attached hydrogens (tertiary/aromatic N) is 1. The Kier molecular flexibility index (Phi) is 2.71. The summed E-state index contributed by atoms with van der Waals surface area (Å²) >= 11 is 0. The zero-order chi connectivity index (χ0) is 9.97. The number of rotatable bonds is 3. The lowest BCUT2D eigenvalue weighted by atomic mass is 10.2. The average Bonchev–Trinajstić information content (AvgIpc) is 2.64. The quantitative estimate of drug-likeness (QED) is 0.792.